The van der Waals surface area contributed by atoms with Crippen LogP contribution in [0.5, 0.6) is 0 Å². The van der Waals surface area contributed by atoms with Crippen LogP contribution in [-0.2, 0) is 9.59 Å². The van der Waals surface area contributed by atoms with Crippen LogP contribution in [0.25, 0.3) is 6.08 Å². The summed E-state index contributed by atoms with van der Waals surface area (Å²) in [5, 5.41) is 8.18. The second-order valence-corrected chi connectivity index (χ2v) is 11.2. The molecular weight excluding hydrogens is 566 g/mol. The first-order valence-electron chi connectivity index (χ1n) is 14.1. The van der Waals surface area contributed by atoms with Crippen molar-refractivity contribution in [1.29, 1.82) is 0 Å². The molecule has 6 nitrogen and oxygen atoms in total. The third-order valence-electron chi connectivity index (χ3n) is 6.74. The monoisotopic (exact) mass is 597 g/mol. The lowest BCUT2D eigenvalue weighted by Crippen LogP contribution is -2.30. The van der Waals surface area contributed by atoms with Crippen molar-refractivity contribution < 1.29 is 14.4 Å². The molecule has 0 radical (unpaired) electrons. The van der Waals surface area contributed by atoms with E-state index in [2.05, 4.69) is 16.0 Å². The quantitative estimate of drug-likeness (QED) is 0.113. The topological polar surface area (TPSA) is 87.3 Å². The number of benzene rings is 5. The Morgan fingerprint density at radius 1 is 0.659 bits per heavy atom. The molecule has 5 rings (SSSR count). The zero-order valence-electron chi connectivity index (χ0n) is 24.1. The highest BCUT2D eigenvalue weighted by Gasteiger charge is 2.23. The molecule has 0 aromatic heterocycles. The highest BCUT2D eigenvalue weighted by Crippen LogP contribution is 2.37. The molecular formula is C37H31N3O3S. The summed E-state index contributed by atoms with van der Waals surface area (Å²) >= 11 is 1.38. The molecule has 44 heavy (non-hydrogen) atoms. The van der Waals surface area contributed by atoms with Crippen LogP contribution < -0.4 is 16.0 Å². The van der Waals surface area contributed by atoms with E-state index in [1.54, 1.807) is 36.4 Å². The Bertz CT molecular complexity index is 1770. The molecule has 0 aliphatic rings. The van der Waals surface area contributed by atoms with Crippen LogP contribution >= 0.6 is 11.8 Å². The number of thioether (sulfide) groups is 1. The minimum Gasteiger partial charge on any atom is -0.325 e. The Morgan fingerprint density at radius 2 is 1.27 bits per heavy atom. The highest BCUT2D eigenvalue weighted by atomic mass is 32.2. The third kappa shape index (κ3) is 8.12. The van der Waals surface area contributed by atoms with Crippen LogP contribution in [0, 0.1) is 6.92 Å². The summed E-state index contributed by atoms with van der Waals surface area (Å²) in [4.78, 5) is 40.8. The molecule has 0 heterocycles. The second kappa shape index (κ2) is 14.7. The Kier molecular flexibility index (Phi) is 10.0. The molecule has 0 aliphatic heterocycles. The molecule has 0 bridgehead atoms. The molecule has 0 aliphatic carbocycles. The Morgan fingerprint density at radius 3 is 1.98 bits per heavy atom. The first-order chi connectivity index (χ1) is 21.5. The fourth-order valence-electron chi connectivity index (χ4n) is 4.46. The summed E-state index contributed by atoms with van der Waals surface area (Å²) in [6.07, 6.45) is 1.67. The molecule has 3 amide bonds. The molecule has 218 valence electrons. The van der Waals surface area contributed by atoms with Crippen LogP contribution in [0.3, 0.4) is 0 Å². The van der Waals surface area contributed by atoms with Crippen LogP contribution in [0.15, 0.2) is 150 Å². The van der Waals surface area contributed by atoms with Gasteiger partial charge in [-0.2, -0.15) is 0 Å². The maximum absolute atomic E-state index is 13.6. The second-order valence-electron chi connectivity index (χ2n) is 9.98. The normalized spacial score (nSPS) is 11.7. The van der Waals surface area contributed by atoms with Gasteiger partial charge in [-0.1, -0.05) is 97.1 Å². The summed E-state index contributed by atoms with van der Waals surface area (Å²) in [5.41, 5.74) is 4.42. The minimum absolute atomic E-state index is 0.107. The van der Waals surface area contributed by atoms with Gasteiger partial charge in [0, 0.05) is 21.8 Å². The van der Waals surface area contributed by atoms with Crippen molar-refractivity contribution >= 4 is 46.9 Å². The summed E-state index contributed by atoms with van der Waals surface area (Å²) in [6, 6.07) is 42.6. The van der Waals surface area contributed by atoms with Crippen LogP contribution in [0.1, 0.15) is 32.3 Å². The molecule has 0 saturated carbocycles. The first kappa shape index (κ1) is 30.1. The maximum Gasteiger partial charge on any atom is 0.272 e. The van der Waals surface area contributed by atoms with Crippen molar-refractivity contribution in [3.63, 3.8) is 0 Å². The molecule has 0 spiro atoms. The van der Waals surface area contributed by atoms with Crippen LogP contribution in [0.4, 0.5) is 11.4 Å². The van der Waals surface area contributed by atoms with Gasteiger partial charge >= 0.3 is 0 Å². The van der Waals surface area contributed by atoms with E-state index in [0.717, 1.165) is 21.6 Å². The molecule has 1 atom stereocenters. The molecule has 5 aromatic carbocycles. The lowest BCUT2D eigenvalue weighted by atomic mass is 10.1. The standard InChI is InChI=1S/C37H31N3O3S/c1-26-14-11-12-19-29(26)24-33(40-35(41)28-17-7-3-8-18-28)36(42)39-31-22-13-23-32(25-31)44-34(27-15-5-2-6-16-27)37(43)38-30-20-9-4-10-21-30/h2-25,34H,1H3,(H,38,43)(H,39,42)(H,40,41)/b33-24-. The largest absolute Gasteiger partial charge is 0.325 e. The minimum atomic E-state index is -0.538. The molecule has 3 N–H and O–H groups in total. The van der Waals surface area contributed by atoms with E-state index in [9.17, 15) is 14.4 Å². The van der Waals surface area contributed by atoms with Crippen LogP contribution in [-0.4, -0.2) is 17.7 Å². The number of hydrogen-bond donors (Lipinski definition) is 3. The van der Waals surface area contributed by atoms with E-state index in [1.807, 2.05) is 116 Å². The number of amides is 3. The number of carbonyl (C=O) groups is 3. The van der Waals surface area contributed by atoms with Gasteiger partial charge in [-0.15, -0.1) is 11.8 Å². The number of anilines is 2. The number of nitrogens with one attached hydrogen (secondary N) is 3. The molecule has 0 saturated heterocycles. The summed E-state index contributed by atoms with van der Waals surface area (Å²) in [7, 11) is 0. The molecule has 1 unspecified atom stereocenters. The van der Waals surface area contributed by atoms with Crippen molar-refractivity contribution in [1.82, 2.24) is 5.32 Å². The van der Waals surface area contributed by atoms with Gasteiger partial charge < -0.3 is 16.0 Å². The van der Waals surface area contributed by atoms with E-state index in [4.69, 9.17) is 0 Å². The fraction of sp³-hybridized carbons (Fsp3) is 0.0541. The van der Waals surface area contributed by atoms with Gasteiger partial charge in [0.1, 0.15) is 10.9 Å². The summed E-state index contributed by atoms with van der Waals surface area (Å²) < 4.78 is 0. The zero-order chi connectivity index (χ0) is 30.7. The van der Waals surface area contributed by atoms with E-state index >= 15 is 0 Å². The lowest BCUT2D eigenvalue weighted by molar-refractivity contribution is -0.116. The van der Waals surface area contributed by atoms with Gasteiger partial charge in [-0.3, -0.25) is 14.4 Å². The van der Waals surface area contributed by atoms with Crippen molar-refractivity contribution in [2.24, 2.45) is 0 Å². The van der Waals surface area contributed by atoms with E-state index in [1.165, 1.54) is 11.8 Å². The van der Waals surface area contributed by atoms with Gasteiger partial charge in [-0.05, 0) is 72.2 Å². The van der Waals surface area contributed by atoms with Gasteiger partial charge in [0.2, 0.25) is 5.91 Å². The van der Waals surface area contributed by atoms with Gasteiger partial charge in [-0.25, -0.2) is 0 Å². The predicted octanol–water partition coefficient (Wildman–Crippen LogP) is 7.88. The molecule has 5 aromatic rings. The number of para-hydroxylation sites is 1. The fourth-order valence-corrected chi connectivity index (χ4v) is 5.54. The summed E-state index contributed by atoms with van der Waals surface area (Å²) in [5.74, 6) is -1.02. The predicted molar refractivity (Wildman–Crippen MR) is 178 cm³/mol. The number of hydrogen-bond acceptors (Lipinski definition) is 4. The first-order valence-corrected chi connectivity index (χ1v) is 15.0. The maximum atomic E-state index is 13.6. The van der Waals surface area contributed by atoms with E-state index in [0.29, 0.717) is 16.9 Å². The Balaban J connectivity index is 1.38. The Labute approximate surface area is 261 Å². The van der Waals surface area contributed by atoms with Crippen LogP contribution in [0.2, 0.25) is 0 Å². The Hall–Kier alpha value is -5.40. The van der Waals surface area contributed by atoms with Crippen molar-refractivity contribution in [3.05, 3.63) is 167 Å². The van der Waals surface area contributed by atoms with Crippen molar-refractivity contribution in [2.45, 2.75) is 17.1 Å². The molecule has 7 heteroatoms. The lowest BCUT2D eigenvalue weighted by Gasteiger charge is -2.18. The SMILES string of the molecule is Cc1ccccc1/C=C(\NC(=O)c1ccccc1)C(=O)Nc1cccc(SC(C(=O)Nc2ccccc2)c2ccccc2)c1. The van der Waals surface area contributed by atoms with E-state index in [-0.39, 0.29) is 17.5 Å². The van der Waals surface area contributed by atoms with E-state index < -0.39 is 11.2 Å². The van der Waals surface area contributed by atoms with Gasteiger partial charge in [0.25, 0.3) is 11.8 Å². The average Bonchev–Trinajstić information content (AvgIpc) is 3.05. The third-order valence-corrected chi connectivity index (χ3v) is 7.99. The van der Waals surface area contributed by atoms with Gasteiger partial charge in [0.05, 0.1) is 0 Å². The molecule has 0 fully saturated rings. The average molecular weight is 598 g/mol. The summed E-state index contributed by atoms with van der Waals surface area (Å²) in [6.45, 7) is 1.94. The number of rotatable bonds is 10. The highest BCUT2D eigenvalue weighted by molar-refractivity contribution is 8.00. The number of carbonyl (C=O) groups excluding carboxylic acids is 3. The van der Waals surface area contributed by atoms with Crippen molar-refractivity contribution in [3.8, 4) is 0 Å². The smallest absolute Gasteiger partial charge is 0.272 e. The zero-order valence-corrected chi connectivity index (χ0v) is 24.9. The van der Waals surface area contributed by atoms with Crippen molar-refractivity contribution in [2.75, 3.05) is 10.6 Å². The van der Waals surface area contributed by atoms with Gasteiger partial charge in [0.15, 0.2) is 0 Å². The number of aryl methyl sites for hydroxylation is 1.